The lowest BCUT2D eigenvalue weighted by molar-refractivity contribution is -0.118. The lowest BCUT2D eigenvalue weighted by atomic mass is 10.3. The topological polar surface area (TPSA) is 79.5 Å². The Balaban J connectivity index is 2.34. The highest BCUT2D eigenvalue weighted by Gasteiger charge is 2.08. The van der Waals surface area contributed by atoms with Crippen LogP contribution in [0.3, 0.4) is 0 Å². The largest absolute Gasteiger partial charge is 0.383 e. The SMILES string of the molecule is COCCNC(=O)NC(=O)CNc1ccc(F)cc1Cl. The van der Waals surface area contributed by atoms with Crippen LogP contribution in [0.1, 0.15) is 0 Å². The van der Waals surface area contributed by atoms with Crippen molar-refractivity contribution < 1.29 is 18.7 Å². The lowest BCUT2D eigenvalue weighted by Crippen LogP contribution is -2.42. The Labute approximate surface area is 120 Å². The number of imide groups is 1. The Hall–Kier alpha value is -1.86. The first-order valence-electron chi connectivity index (χ1n) is 5.78. The van der Waals surface area contributed by atoms with E-state index in [1.54, 1.807) is 0 Å². The number of halogens is 2. The molecule has 0 atom stereocenters. The molecule has 0 radical (unpaired) electrons. The van der Waals surface area contributed by atoms with Gasteiger partial charge in [0.15, 0.2) is 0 Å². The van der Waals surface area contributed by atoms with Crippen molar-refractivity contribution in [2.45, 2.75) is 0 Å². The van der Waals surface area contributed by atoms with Crippen LogP contribution in [0.25, 0.3) is 0 Å². The monoisotopic (exact) mass is 303 g/mol. The summed E-state index contributed by atoms with van der Waals surface area (Å²) in [5.41, 5.74) is 0.406. The summed E-state index contributed by atoms with van der Waals surface area (Å²) in [7, 11) is 1.50. The average Bonchev–Trinajstić information content (AvgIpc) is 2.38. The molecule has 6 nitrogen and oxygen atoms in total. The Morgan fingerprint density at radius 2 is 2.15 bits per heavy atom. The molecule has 0 saturated heterocycles. The van der Waals surface area contributed by atoms with Crippen LogP contribution >= 0.6 is 11.6 Å². The summed E-state index contributed by atoms with van der Waals surface area (Å²) in [6, 6.07) is 3.13. The predicted octanol–water partition coefficient (Wildman–Crippen LogP) is 1.36. The van der Waals surface area contributed by atoms with E-state index in [2.05, 4.69) is 16.0 Å². The summed E-state index contributed by atoms with van der Waals surface area (Å²) in [5.74, 6) is -1.01. The maximum absolute atomic E-state index is 12.8. The number of rotatable bonds is 6. The van der Waals surface area contributed by atoms with Crippen LogP contribution in [-0.4, -0.2) is 38.7 Å². The molecule has 3 amide bonds. The van der Waals surface area contributed by atoms with Crippen molar-refractivity contribution in [1.29, 1.82) is 0 Å². The standard InChI is InChI=1S/C12H15ClFN3O3/c1-20-5-4-15-12(19)17-11(18)7-16-10-3-2-8(14)6-9(10)13/h2-3,6,16H,4-5,7H2,1H3,(H2,15,17,18,19). The number of anilines is 1. The van der Waals surface area contributed by atoms with E-state index in [0.29, 0.717) is 18.8 Å². The first kappa shape index (κ1) is 16.2. The summed E-state index contributed by atoms with van der Waals surface area (Å²) in [6.07, 6.45) is 0. The van der Waals surface area contributed by atoms with Gasteiger partial charge in [-0.25, -0.2) is 9.18 Å². The van der Waals surface area contributed by atoms with Crippen LogP contribution < -0.4 is 16.0 Å². The minimum atomic E-state index is -0.612. The molecule has 0 bridgehead atoms. The fraction of sp³-hybridized carbons (Fsp3) is 0.333. The van der Waals surface area contributed by atoms with Crippen molar-refractivity contribution >= 4 is 29.2 Å². The first-order valence-corrected chi connectivity index (χ1v) is 6.16. The molecular weight excluding hydrogens is 289 g/mol. The van der Waals surface area contributed by atoms with Crippen molar-refractivity contribution in [2.24, 2.45) is 0 Å². The van der Waals surface area contributed by atoms with Gasteiger partial charge in [0, 0.05) is 13.7 Å². The Bertz CT molecular complexity index is 485. The third kappa shape index (κ3) is 5.85. The Morgan fingerprint density at radius 3 is 2.80 bits per heavy atom. The predicted molar refractivity (Wildman–Crippen MR) is 73.3 cm³/mol. The van der Waals surface area contributed by atoms with E-state index in [0.717, 1.165) is 6.07 Å². The lowest BCUT2D eigenvalue weighted by Gasteiger charge is -2.09. The molecule has 0 heterocycles. The molecule has 0 fully saturated rings. The molecule has 8 heteroatoms. The van der Waals surface area contributed by atoms with Gasteiger partial charge in [-0.05, 0) is 18.2 Å². The van der Waals surface area contributed by atoms with Crippen molar-refractivity contribution in [1.82, 2.24) is 10.6 Å². The second kappa shape index (κ2) is 8.34. The van der Waals surface area contributed by atoms with Crippen LogP contribution in [-0.2, 0) is 9.53 Å². The van der Waals surface area contributed by atoms with Gasteiger partial charge in [-0.1, -0.05) is 11.6 Å². The van der Waals surface area contributed by atoms with Gasteiger partial charge in [-0.2, -0.15) is 0 Å². The maximum Gasteiger partial charge on any atom is 0.321 e. The van der Waals surface area contributed by atoms with Crippen molar-refractivity contribution in [2.75, 3.05) is 32.1 Å². The number of hydrogen-bond donors (Lipinski definition) is 3. The minimum absolute atomic E-state index is 0.155. The number of hydrogen-bond acceptors (Lipinski definition) is 4. The van der Waals surface area contributed by atoms with Crippen LogP contribution in [0.5, 0.6) is 0 Å². The molecule has 1 rings (SSSR count). The fourth-order valence-corrected chi connectivity index (χ4v) is 1.52. The third-order valence-electron chi connectivity index (χ3n) is 2.22. The number of urea groups is 1. The molecule has 20 heavy (non-hydrogen) atoms. The molecule has 1 aromatic carbocycles. The number of nitrogens with one attached hydrogen (secondary N) is 3. The molecule has 3 N–H and O–H groups in total. The molecule has 0 aliphatic heterocycles. The number of methoxy groups -OCH3 is 1. The van der Waals surface area contributed by atoms with Crippen molar-refractivity contribution in [3.05, 3.63) is 29.0 Å². The van der Waals surface area contributed by atoms with Crippen molar-refractivity contribution in [3.63, 3.8) is 0 Å². The number of amides is 3. The number of carbonyl (C=O) groups is 2. The third-order valence-corrected chi connectivity index (χ3v) is 2.53. The first-order chi connectivity index (χ1) is 9.52. The highest BCUT2D eigenvalue weighted by Crippen LogP contribution is 2.21. The Kier molecular flexibility index (Phi) is 6.75. The molecule has 0 aliphatic carbocycles. The van der Waals surface area contributed by atoms with Gasteiger partial charge in [0.05, 0.1) is 23.9 Å². The molecule has 0 saturated carbocycles. The summed E-state index contributed by atoms with van der Waals surface area (Å²) < 4.78 is 17.6. The van der Waals surface area contributed by atoms with Crippen LogP contribution in [0.4, 0.5) is 14.9 Å². The molecule has 1 aromatic rings. The number of ether oxygens (including phenoxy) is 1. The molecule has 0 aliphatic rings. The zero-order chi connectivity index (χ0) is 15.0. The van der Waals surface area contributed by atoms with Gasteiger partial charge in [0.2, 0.25) is 5.91 Å². The number of benzene rings is 1. The molecule has 0 spiro atoms. The van der Waals surface area contributed by atoms with Crippen LogP contribution in [0.15, 0.2) is 18.2 Å². The van der Waals surface area contributed by atoms with E-state index < -0.39 is 17.8 Å². The van der Waals surface area contributed by atoms with E-state index in [-0.39, 0.29) is 11.6 Å². The van der Waals surface area contributed by atoms with Gasteiger partial charge >= 0.3 is 6.03 Å². The highest BCUT2D eigenvalue weighted by atomic mass is 35.5. The smallest absolute Gasteiger partial charge is 0.321 e. The second-order valence-corrected chi connectivity index (χ2v) is 4.18. The van der Waals surface area contributed by atoms with E-state index in [4.69, 9.17) is 16.3 Å². The summed E-state index contributed by atoms with van der Waals surface area (Å²) in [4.78, 5) is 22.7. The zero-order valence-electron chi connectivity index (χ0n) is 10.8. The molecule has 110 valence electrons. The summed E-state index contributed by atoms with van der Waals surface area (Å²) in [6.45, 7) is 0.487. The van der Waals surface area contributed by atoms with Crippen LogP contribution in [0, 0.1) is 5.82 Å². The van der Waals surface area contributed by atoms with Gasteiger partial charge in [0.25, 0.3) is 0 Å². The second-order valence-electron chi connectivity index (χ2n) is 3.77. The fourth-order valence-electron chi connectivity index (χ4n) is 1.29. The molecule has 0 unspecified atom stereocenters. The highest BCUT2D eigenvalue weighted by molar-refractivity contribution is 6.33. The normalized spacial score (nSPS) is 9.95. The zero-order valence-corrected chi connectivity index (χ0v) is 11.6. The van der Waals surface area contributed by atoms with Gasteiger partial charge in [-0.15, -0.1) is 0 Å². The number of carbonyl (C=O) groups excluding carboxylic acids is 2. The van der Waals surface area contributed by atoms with E-state index in [1.165, 1.54) is 19.2 Å². The minimum Gasteiger partial charge on any atom is -0.383 e. The van der Waals surface area contributed by atoms with E-state index >= 15 is 0 Å². The Morgan fingerprint density at radius 1 is 1.40 bits per heavy atom. The summed E-state index contributed by atoms with van der Waals surface area (Å²) in [5, 5.41) is 7.40. The molecular formula is C12H15ClFN3O3. The van der Waals surface area contributed by atoms with Gasteiger partial charge in [0.1, 0.15) is 5.82 Å². The van der Waals surface area contributed by atoms with Gasteiger partial charge < -0.3 is 15.4 Å². The van der Waals surface area contributed by atoms with E-state index in [9.17, 15) is 14.0 Å². The summed E-state index contributed by atoms with van der Waals surface area (Å²) >= 11 is 5.78. The maximum atomic E-state index is 12.8. The van der Waals surface area contributed by atoms with Crippen molar-refractivity contribution in [3.8, 4) is 0 Å². The van der Waals surface area contributed by atoms with Crippen LogP contribution in [0.2, 0.25) is 5.02 Å². The van der Waals surface area contributed by atoms with Gasteiger partial charge in [-0.3, -0.25) is 10.1 Å². The van der Waals surface area contributed by atoms with E-state index in [1.807, 2.05) is 0 Å². The molecule has 0 aromatic heterocycles. The average molecular weight is 304 g/mol. The quantitative estimate of drug-likeness (QED) is 0.693.